The maximum atomic E-state index is 12.8. The number of amides is 1. The van der Waals surface area contributed by atoms with Crippen LogP contribution in [-0.2, 0) is 6.18 Å². The molecular weight excluding hydrogens is 385 g/mol. The maximum Gasteiger partial charge on any atom is 0.417 e. The molecule has 0 saturated heterocycles. The molecule has 0 radical (unpaired) electrons. The van der Waals surface area contributed by atoms with Gasteiger partial charge < -0.3 is 14.8 Å². The van der Waals surface area contributed by atoms with Crippen molar-refractivity contribution < 1.29 is 36.2 Å². The molecular formula is C16H11ClF5NO3. The van der Waals surface area contributed by atoms with Gasteiger partial charge in [0.05, 0.1) is 17.7 Å². The van der Waals surface area contributed by atoms with E-state index in [0.29, 0.717) is 6.07 Å². The molecule has 0 aliphatic carbocycles. The van der Waals surface area contributed by atoms with Gasteiger partial charge in [0.2, 0.25) is 0 Å². The fourth-order valence-corrected chi connectivity index (χ4v) is 2.25. The van der Waals surface area contributed by atoms with Crippen LogP contribution in [0.4, 0.5) is 27.6 Å². The first-order chi connectivity index (χ1) is 12.1. The number of rotatable bonds is 5. The van der Waals surface area contributed by atoms with Crippen LogP contribution in [0.25, 0.3) is 0 Å². The Kier molecular flexibility index (Phi) is 5.91. The molecule has 0 aromatic heterocycles. The van der Waals surface area contributed by atoms with Crippen molar-refractivity contribution in [2.75, 3.05) is 12.4 Å². The highest BCUT2D eigenvalue weighted by Gasteiger charge is 2.33. The van der Waals surface area contributed by atoms with Gasteiger partial charge in [-0.2, -0.15) is 22.0 Å². The van der Waals surface area contributed by atoms with E-state index in [-0.39, 0.29) is 22.7 Å². The monoisotopic (exact) mass is 395 g/mol. The van der Waals surface area contributed by atoms with Crippen LogP contribution in [0, 0.1) is 0 Å². The molecule has 10 heteroatoms. The van der Waals surface area contributed by atoms with Crippen LogP contribution in [-0.4, -0.2) is 19.6 Å². The molecule has 2 rings (SSSR count). The predicted octanol–water partition coefficient (Wildman–Crippen LogP) is 5.22. The lowest BCUT2D eigenvalue weighted by Gasteiger charge is -2.13. The number of carbonyl (C=O) groups excluding carboxylic acids is 1. The lowest BCUT2D eigenvalue weighted by molar-refractivity contribution is -0.137. The van der Waals surface area contributed by atoms with Crippen LogP contribution < -0.4 is 14.8 Å². The van der Waals surface area contributed by atoms with Crippen LogP contribution in [0.1, 0.15) is 15.9 Å². The number of halogens is 6. The van der Waals surface area contributed by atoms with E-state index < -0.39 is 29.3 Å². The molecule has 0 aliphatic heterocycles. The number of carbonyl (C=O) groups is 1. The molecule has 0 aliphatic rings. The number of anilines is 1. The average molecular weight is 396 g/mol. The predicted molar refractivity (Wildman–Crippen MR) is 84.0 cm³/mol. The number of benzene rings is 2. The van der Waals surface area contributed by atoms with Crippen LogP contribution in [0.15, 0.2) is 36.4 Å². The molecule has 26 heavy (non-hydrogen) atoms. The summed E-state index contributed by atoms with van der Waals surface area (Å²) in [5, 5.41) is 1.76. The molecule has 0 saturated carbocycles. The average Bonchev–Trinajstić information content (AvgIpc) is 2.55. The first-order valence-electron chi connectivity index (χ1n) is 6.92. The number of hydrogen-bond acceptors (Lipinski definition) is 3. The Labute approximate surface area is 149 Å². The Hall–Kier alpha value is -2.55. The van der Waals surface area contributed by atoms with Crippen molar-refractivity contribution >= 4 is 23.2 Å². The summed E-state index contributed by atoms with van der Waals surface area (Å²) in [6.45, 7) is -3.08. The van der Waals surface area contributed by atoms with E-state index in [1.54, 1.807) is 0 Å². The third-order valence-electron chi connectivity index (χ3n) is 3.17. The van der Waals surface area contributed by atoms with Crippen molar-refractivity contribution in [3.63, 3.8) is 0 Å². The van der Waals surface area contributed by atoms with Gasteiger partial charge in [-0.3, -0.25) is 4.79 Å². The van der Waals surface area contributed by atoms with Crippen LogP contribution in [0.3, 0.4) is 0 Å². The molecule has 0 fully saturated rings. The van der Waals surface area contributed by atoms with Crippen molar-refractivity contribution in [2.24, 2.45) is 0 Å². The first kappa shape index (κ1) is 19.8. The summed E-state index contributed by atoms with van der Waals surface area (Å²) in [7, 11) is 1.18. The van der Waals surface area contributed by atoms with Crippen molar-refractivity contribution in [1.29, 1.82) is 0 Å². The van der Waals surface area contributed by atoms with Gasteiger partial charge in [0.25, 0.3) is 5.91 Å². The van der Waals surface area contributed by atoms with Crippen molar-refractivity contribution in [3.8, 4) is 11.5 Å². The molecule has 0 spiro atoms. The smallest absolute Gasteiger partial charge is 0.417 e. The zero-order chi connectivity index (χ0) is 19.5. The molecule has 140 valence electrons. The molecule has 0 bridgehead atoms. The van der Waals surface area contributed by atoms with Crippen molar-refractivity contribution in [2.45, 2.75) is 12.8 Å². The Morgan fingerprint density at radius 3 is 2.38 bits per heavy atom. The summed E-state index contributed by atoms with van der Waals surface area (Å²) in [6, 6.07) is 6.25. The van der Waals surface area contributed by atoms with Crippen molar-refractivity contribution in [3.05, 3.63) is 52.5 Å². The SMILES string of the molecule is COc1cc(C(=O)Nc2ccc(Cl)c(C(F)(F)F)c2)ccc1OC(F)F. The van der Waals surface area contributed by atoms with E-state index in [1.165, 1.54) is 13.2 Å². The summed E-state index contributed by atoms with van der Waals surface area (Å²) in [6.07, 6.45) is -4.69. The molecule has 0 unspecified atom stereocenters. The highest BCUT2D eigenvalue weighted by Crippen LogP contribution is 2.36. The Morgan fingerprint density at radius 1 is 1.12 bits per heavy atom. The normalized spacial score (nSPS) is 11.4. The third-order valence-corrected chi connectivity index (χ3v) is 3.50. The lowest BCUT2D eigenvalue weighted by Crippen LogP contribution is -2.14. The van der Waals surface area contributed by atoms with Gasteiger partial charge in [-0.15, -0.1) is 0 Å². The second-order valence-electron chi connectivity index (χ2n) is 4.89. The minimum absolute atomic E-state index is 0.0352. The number of alkyl halides is 5. The molecule has 1 N–H and O–H groups in total. The topological polar surface area (TPSA) is 47.6 Å². The zero-order valence-corrected chi connectivity index (χ0v) is 13.8. The van der Waals surface area contributed by atoms with Gasteiger partial charge in [-0.05, 0) is 36.4 Å². The van der Waals surface area contributed by atoms with Gasteiger partial charge in [0.1, 0.15) is 0 Å². The quantitative estimate of drug-likeness (QED) is 0.706. The lowest BCUT2D eigenvalue weighted by atomic mass is 10.1. The van der Waals surface area contributed by atoms with Crippen molar-refractivity contribution in [1.82, 2.24) is 0 Å². The summed E-state index contributed by atoms with van der Waals surface area (Å²) in [5.41, 5.74) is -1.28. The van der Waals surface area contributed by atoms with Gasteiger partial charge in [-0.1, -0.05) is 11.6 Å². The largest absolute Gasteiger partial charge is 0.493 e. The molecule has 0 atom stereocenters. The van der Waals surface area contributed by atoms with E-state index in [0.717, 1.165) is 24.3 Å². The van der Waals surface area contributed by atoms with Crippen LogP contribution in [0.2, 0.25) is 5.02 Å². The molecule has 0 heterocycles. The second-order valence-corrected chi connectivity index (χ2v) is 5.30. The number of methoxy groups -OCH3 is 1. The second kappa shape index (κ2) is 7.77. The number of nitrogens with one attached hydrogen (secondary N) is 1. The fraction of sp³-hybridized carbons (Fsp3) is 0.188. The molecule has 4 nitrogen and oxygen atoms in total. The van der Waals surface area contributed by atoms with E-state index >= 15 is 0 Å². The summed E-state index contributed by atoms with van der Waals surface area (Å²) in [4.78, 5) is 12.2. The Balaban J connectivity index is 2.25. The first-order valence-corrected chi connectivity index (χ1v) is 7.30. The minimum Gasteiger partial charge on any atom is -0.493 e. The summed E-state index contributed by atoms with van der Waals surface area (Å²) >= 11 is 5.51. The number of ether oxygens (including phenoxy) is 2. The fourth-order valence-electron chi connectivity index (χ4n) is 2.03. The molecule has 1 amide bonds. The Morgan fingerprint density at radius 2 is 1.81 bits per heavy atom. The van der Waals surface area contributed by atoms with Crippen LogP contribution in [0.5, 0.6) is 11.5 Å². The van der Waals surface area contributed by atoms with E-state index in [9.17, 15) is 26.7 Å². The molecule has 2 aromatic rings. The van der Waals surface area contributed by atoms with Gasteiger partial charge >= 0.3 is 12.8 Å². The Bertz CT molecular complexity index is 811. The van der Waals surface area contributed by atoms with Gasteiger partial charge in [-0.25, -0.2) is 0 Å². The van der Waals surface area contributed by atoms with E-state index in [1.807, 2.05) is 0 Å². The number of hydrogen-bond donors (Lipinski definition) is 1. The van der Waals surface area contributed by atoms with Gasteiger partial charge in [0, 0.05) is 11.3 Å². The zero-order valence-electron chi connectivity index (χ0n) is 13.0. The van der Waals surface area contributed by atoms with Gasteiger partial charge in [0.15, 0.2) is 11.5 Å². The summed E-state index contributed by atoms with van der Waals surface area (Å²) in [5.74, 6) is -1.20. The van der Waals surface area contributed by atoms with E-state index in [2.05, 4.69) is 10.1 Å². The van der Waals surface area contributed by atoms with Crippen LogP contribution >= 0.6 is 11.6 Å². The maximum absolute atomic E-state index is 12.8. The summed E-state index contributed by atoms with van der Waals surface area (Å²) < 4.78 is 72.2. The third kappa shape index (κ3) is 4.75. The van der Waals surface area contributed by atoms with E-state index in [4.69, 9.17) is 16.3 Å². The highest BCUT2D eigenvalue weighted by molar-refractivity contribution is 6.31. The molecule has 2 aromatic carbocycles. The standard InChI is InChI=1S/C16H11ClF5NO3/c1-25-13-6-8(2-5-12(13)26-15(18)19)14(24)23-9-3-4-11(17)10(7-9)16(20,21)22/h2-7,15H,1H3,(H,23,24). The highest BCUT2D eigenvalue weighted by atomic mass is 35.5. The minimum atomic E-state index is -4.69.